The monoisotopic (exact) mass is 1670 g/mol. The van der Waals surface area contributed by atoms with E-state index in [0.717, 1.165) is 0 Å². The van der Waals surface area contributed by atoms with Crippen LogP contribution in [0.5, 0.6) is 17.2 Å². The molecule has 4 unspecified atom stereocenters. The average Bonchev–Trinajstić information content (AvgIpc) is 1.04. The van der Waals surface area contributed by atoms with E-state index in [4.69, 9.17) is 48.6 Å². The molecule has 4 aromatic carbocycles. The molecule has 1 saturated heterocycles. The number of carbonyl (C=O) groups excluding carboxylic acids is 3. The third kappa shape index (κ3) is 22.8. The number of benzene rings is 4. The predicted octanol–water partition coefficient (Wildman–Crippen LogP) is 3.39. The van der Waals surface area contributed by atoms with Crippen molar-refractivity contribution in [3.05, 3.63) is 157 Å². The fourth-order valence-corrected chi connectivity index (χ4v) is 17.8. The summed E-state index contributed by atoms with van der Waals surface area (Å²) in [5.74, 6) is 0.897. The Morgan fingerprint density at radius 2 is 1.59 bits per heavy atom. The number of carboxylic acids is 1. The Bertz CT molecular complexity index is 5420. The maximum atomic E-state index is 14.1. The minimum atomic E-state index is -6.19. The molecule has 2 aromatic heterocycles. The van der Waals surface area contributed by atoms with Crippen molar-refractivity contribution in [2.24, 2.45) is 10.1 Å². The van der Waals surface area contributed by atoms with Crippen molar-refractivity contribution in [3.63, 3.8) is 0 Å². The third-order valence-corrected chi connectivity index (χ3v) is 23.3. The number of amides is 3. The minimum Gasteiger partial charge on any atom is -0.756 e. The summed E-state index contributed by atoms with van der Waals surface area (Å²) in [4.78, 5) is 113. The lowest BCUT2D eigenvalue weighted by Crippen LogP contribution is -2.35. The lowest BCUT2D eigenvalue weighted by Gasteiger charge is -2.34. The van der Waals surface area contributed by atoms with Gasteiger partial charge in [0.1, 0.15) is 66.0 Å². The van der Waals surface area contributed by atoms with Gasteiger partial charge in [-0.1, -0.05) is 56.8 Å². The van der Waals surface area contributed by atoms with Gasteiger partial charge in [-0.05, 0) is 112 Å². The van der Waals surface area contributed by atoms with Crippen LogP contribution in [0.15, 0.2) is 102 Å². The van der Waals surface area contributed by atoms with E-state index < -0.39 is 133 Å². The highest BCUT2D eigenvalue weighted by Crippen LogP contribution is 2.61. The number of carboxylic acid groups (broad SMARTS) is 1. The number of hydrogen-bond acceptors (Lipinski definition) is 33. The van der Waals surface area contributed by atoms with Crippen LogP contribution in [-0.2, 0) is 70.8 Å². The van der Waals surface area contributed by atoms with E-state index in [9.17, 15) is 84.1 Å². The first-order valence-electron chi connectivity index (χ1n) is 32.8. The van der Waals surface area contributed by atoms with Gasteiger partial charge in [-0.2, -0.15) is 0 Å². The van der Waals surface area contributed by atoms with Crippen molar-refractivity contribution in [2.45, 2.75) is 82.2 Å². The molecule has 0 radical (unpaired) electrons. The normalized spacial score (nSPS) is 18.8. The Hall–Kier alpha value is -8.63. The van der Waals surface area contributed by atoms with Gasteiger partial charge < -0.3 is 98.3 Å². The van der Waals surface area contributed by atoms with Gasteiger partial charge in [0.2, 0.25) is 5.91 Å². The molecule has 8 N–H and O–H groups in total. The molecule has 0 saturated carbocycles. The lowest BCUT2D eigenvalue weighted by molar-refractivity contribution is -0.250. The molecule has 10 rings (SSSR count). The van der Waals surface area contributed by atoms with Crippen molar-refractivity contribution in [1.82, 2.24) is 30.5 Å². The summed E-state index contributed by atoms with van der Waals surface area (Å²) >= 11 is 0. The molecule has 0 aliphatic carbocycles. The molecule has 1 fully saturated rings. The Kier molecular flexibility index (Phi) is 26.6. The van der Waals surface area contributed by atoms with Gasteiger partial charge in [0.05, 0.1) is 97.2 Å². The number of rotatable bonds is 34. The molecule has 594 valence electrons. The Labute approximate surface area is 640 Å². The first kappa shape index (κ1) is 84.8. The number of nitrogens with zero attached hydrogens (tertiary/aromatic N) is 7. The molecule has 6 aromatic rings. The van der Waals surface area contributed by atoms with Crippen molar-refractivity contribution >= 4 is 128 Å². The van der Waals surface area contributed by atoms with Crippen LogP contribution in [0, 0.1) is 11.8 Å². The van der Waals surface area contributed by atoms with Crippen LogP contribution in [0.3, 0.4) is 0 Å². The van der Waals surface area contributed by atoms with Crippen molar-refractivity contribution in [1.29, 1.82) is 0 Å². The fourth-order valence-electron chi connectivity index (χ4n) is 12.2. The first-order chi connectivity index (χ1) is 52.0. The average molecular weight is 1670 g/mol. The molecule has 8 atom stereocenters. The summed E-state index contributed by atoms with van der Waals surface area (Å²) in [6, 6.07) is 15.7. The van der Waals surface area contributed by atoms with Crippen LogP contribution < -0.4 is 61.7 Å². The van der Waals surface area contributed by atoms with Crippen LogP contribution in [0.25, 0.3) is 38.2 Å². The van der Waals surface area contributed by atoms with Gasteiger partial charge in [0.15, 0.2) is 6.23 Å². The summed E-state index contributed by atoms with van der Waals surface area (Å²) in [7, 11) is -25.1. The van der Waals surface area contributed by atoms with Crippen LogP contribution in [-0.4, -0.2) is 180 Å². The fraction of sp³-hybridized carbons (Fsp3) is 0.369. The van der Waals surface area contributed by atoms with E-state index in [1.54, 1.807) is 53.0 Å². The molecule has 0 bridgehead atoms. The third-order valence-electron chi connectivity index (χ3n) is 16.3. The Morgan fingerprint density at radius 1 is 0.883 bits per heavy atom. The summed E-state index contributed by atoms with van der Waals surface area (Å²) in [5, 5.41) is 26.3. The van der Waals surface area contributed by atoms with Gasteiger partial charge >= 0.3 is 5.97 Å². The van der Waals surface area contributed by atoms with Crippen LogP contribution in [0.2, 0.25) is 0 Å². The summed E-state index contributed by atoms with van der Waals surface area (Å²) in [6.07, 6.45) is 3.21. The number of phosphoric acid groups is 3. The number of fused-ring (bicyclic) bond motifs is 5. The second-order valence-corrected chi connectivity index (χ2v) is 35.6. The number of nitrogens with two attached hydrogens (primary N) is 1. The Balaban J connectivity index is 0.727. The number of phosphoric ester groups is 1. The van der Waals surface area contributed by atoms with E-state index in [1.165, 1.54) is 105 Å². The number of carbonyl (C=O) groups is 4. The lowest BCUT2D eigenvalue weighted by atomic mass is 9.84. The standard InChI is InChI=1S/C65H73N12O27P3S4/c1-35(109-108-6)100-52-25-56(102-53(52)29-99-106(86,87)104-107(88,89)103-105(83,84)85)77-28-38(57-59(66)71-34-72-60(57)77)10-8-14-68-54(78)30-96-17-18-97-55(75-76-67)31-98-41-11-7-9-36(19-41)61(79)69-15-16-70-62(80)37-12-13-42(63(81)82)45(20-37)58-46-21-43-39(32-110(90,91)92)26-64(2,3)73-48(43)23-50(46)101-51-24-49-44(22-47(51)58)40(33-111(93,94)95)27-65(4,5)74-49/h7,9,11-13,19-24,26-28,34-35,52-53,55-56,73H,14-18,25,29-33H2,1-6H3,(H,68,78)(H,69,79)(H,70,80)(H,81,82)(H,86,87)(H,88,89)(H2,66,71,72)(H2,83,84,85)(H,90,91,92)(H,93,94,95)/p-5/t35-,52+,53+,55?,56+/m0/s1. The van der Waals surface area contributed by atoms with Gasteiger partial charge in [-0.25, -0.2) is 40.2 Å². The molecule has 6 heterocycles. The zero-order chi connectivity index (χ0) is 80.8. The van der Waals surface area contributed by atoms with Gasteiger partial charge in [0, 0.05) is 87.0 Å². The zero-order valence-electron chi connectivity index (χ0n) is 59.1. The minimum absolute atomic E-state index is 0.00434. The van der Waals surface area contributed by atoms with E-state index in [0.29, 0.717) is 5.69 Å². The number of hydrogen-bond donors (Lipinski definition) is 7. The highest BCUT2D eigenvalue weighted by Gasteiger charge is 2.41. The van der Waals surface area contributed by atoms with Crippen molar-refractivity contribution < 1.29 is 125 Å². The Morgan fingerprint density at radius 3 is 2.26 bits per heavy atom. The SMILES string of the molecule is CSS[C@@H](C)O[C@@H]1C[C@H](n2cc(C#CCNC(=O)COCCOC(COc3cccc(C(=O)NCCNC(=O)c4ccc(C(=O)O)c(C5=c6cc7c(cc6Oc6cc8c(cc65)C(CS(=O)(=O)[O-])=CC(C)(C)N8)=NC(C)(C)C=C7CS(=O)(=O)[O-])c4)c3)N=[N+]=[N-])c3c(N)ncnc32)O[C@@H]1COP(=O)([O-])OP(=O)([O-])OP(=O)([O-])O. The van der Waals surface area contributed by atoms with E-state index in [2.05, 4.69) is 61.7 Å². The number of azide groups is 1. The number of nitrogen functional groups attached to an aromatic ring is 1. The topological polar surface area (TPSA) is 593 Å². The number of nitrogens with one attached hydrogen (secondary N) is 4. The summed E-state index contributed by atoms with van der Waals surface area (Å²) in [5.41, 5.74) is 14.7. The molecule has 0 spiro atoms. The molecule has 46 heteroatoms. The molecule has 39 nitrogen and oxygen atoms in total. The number of aromatic carboxylic acids is 1. The quantitative estimate of drug-likeness (QED) is 0.00350. The van der Waals surface area contributed by atoms with Crippen molar-refractivity contribution in [3.8, 4) is 29.1 Å². The maximum absolute atomic E-state index is 14.1. The van der Waals surface area contributed by atoms with Crippen LogP contribution in [0.4, 0.5) is 11.5 Å². The number of aromatic nitrogens is 3. The van der Waals surface area contributed by atoms with Gasteiger partial charge in [0.25, 0.3) is 35.3 Å². The molecular formula is C65H68N12O27P3S4-5. The van der Waals surface area contributed by atoms with Gasteiger partial charge in [-0.15, -0.1) is 0 Å². The highest BCUT2D eigenvalue weighted by molar-refractivity contribution is 8.76. The molecule has 111 heavy (non-hydrogen) atoms. The highest BCUT2D eigenvalue weighted by atomic mass is 33.1. The van der Waals surface area contributed by atoms with E-state index >= 15 is 0 Å². The summed E-state index contributed by atoms with van der Waals surface area (Å²) in [6.45, 7) is 6.04. The largest absolute Gasteiger partial charge is 0.756 e. The molecule has 4 aliphatic heterocycles. The summed E-state index contributed by atoms with van der Waals surface area (Å²) < 4.78 is 158. The van der Waals surface area contributed by atoms with Crippen LogP contribution in [0.1, 0.15) is 106 Å². The van der Waals surface area contributed by atoms with Crippen LogP contribution >= 0.6 is 45.1 Å². The van der Waals surface area contributed by atoms with E-state index in [1.807, 2.05) is 0 Å². The van der Waals surface area contributed by atoms with E-state index in [-0.39, 0.29) is 152 Å². The van der Waals surface area contributed by atoms with Crippen molar-refractivity contribution in [2.75, 3.05) is 81.5 Å². The second kappa shape index (κ2) is 34.8. The second-order valence-electron chi connectivity index (χ2n) is 25.8. The molecule has 4 aliphatic rings. The smallest absolute Gasteiger partial charge is 0.336 e. The number of ether oxygens (including phenoxy) is 6. The van der Waals surface area contributed by atoms with Gasteiger partial charge in [-0.3, -0.25) is 33.1 Å². The zero-order valence-corrected chi connectivity index (χ0v) is 65.1. The molecular weight excluding hydrogens is 1600 g/mol. The first-order valence-corrected chi connectivity index (χ1v) is 43.0. The molecule has 3 amide bonds. The maximum Gasteiger partial charge on any atom is 0.336 e. The predicted molar refractivity (Wildman–Crippen MR) is 391 cm³/mol. The number of anilines is 2.